The predicted octanol–water partition coefficient (Wildman–Crippen LogP) is 5.72. The van der Waals surface area contributed by atoms with Gasteiger partial charge in [-0.05, 0) is 87.0 Å². The van der Waals surface area contributed by atoms with E-state index >= 15 is 0 Å². The van der Waals surface area contributed by atoms with Crippen LogP contribution in [0.15, 0.2) is 0 Å². The molecule has 4 bridgehead atoms. The molecule has 4 unspecified atom stereocenters. The Morgan fingerprint density at radius 2 is 1.27 bits per heavy atom. The molecule has 4 rings (SSSR count). The molecule has 33 heavy (non-hydrogen) atoms. The molecule has 4 aliphatic rings. The van der Waals surface area contributed by atoms with Crippen molar-refractivity contribution in [3.05, 3.63) is 0 Å². The topological polar surface area (TPSA) is 88.1 Å². The SMILES string of the molecule is CCC(C)(C)C(=O)OC12CC3CC(OC(=O)OC(C)(C)C)(C1)CC(C(=O)OC(C)(C)C)(C3)C2. The van der Waals surface area contributed by atoms with Crippen LogP contribution in [0, 0.1) is 16.7 Å². The van der Waals surface area contributed by atoms with Gasteiger partial charge in [0, 0.05) is 19.3 Å². The van der Waals surface area contributed by atoms with Gasteiger partial charge in [0.15, 0.2) is 0 Å². The fourth-order valence-electron chi connectivity index (χ4n) is 6.03. The molecule has 0 saturated heterocycles. The maximum absolute atomic E-state index is 13.5. The van der Waals surface area contributed by atoms with E-state index in [0.29, 0.717) is 44.9 Å². The van der Waals surface area contributed by atoms with Gasteiger partial charge in [0.1, 0.15) is 22.4 Å². The van der Waals surface area contributed by atoms with Crippen LogP contribution in [0.5, 0.6) is 0 Å². The van der Waals surface area contributed by atoms with Gasteiger partial charge in [0.2, 0.25) is 0 Å². The largest absolute Gasteiger partial charge is 0.509 e. The lowest BCUT2D eigenvalue weighted by atomic mass is 9.46. The van der Waals surface area contributed by atoms with E-state index in [2.05, 4.69) is 0 Å². The van der Waals surface area contributed by atoms with Crippen LogP contribution in [-0.4, -0.2) is 40.5 Å². The number of carbonyl (C=O) groups excluding carboxylic acids is 3. The van der Waals surface area contributed by atoms with E-state index in [1.807, 2.05) is 41.5 Å². The number of esters is 2. The maximum Gasteiger partial charge on any atom is 0.509 e. The van der Waals surface area contributed by atoms with E-state index < -0.39 is 39.4 Å². The summed E-state index contributed by atoms with van der Waals surface area (Å²) < 4.78 is 23.5. The van der Waals surface area contributed by atoms with Crippen molar-refractivity contribution in [1.29, 1.82) is 0 Å². The van der Waals surface area contributed by atoms with Crippen molar-refractivity contribution < 1.29 is 33.3 Å². The molecule has 0 aromatic carbocycles. The molecule has 188 valence electrons. The molecule has 0 aliphatic heterocycles. The number of hydrogen-bond acceptors (Lipinski definition) is 7. The second-order valence-corrected chi connectivity index (χ2v) is 13.4. The van der Waals surface area contributed by atoms with Gasteiger partial charge < -0.3 is 18.9 Å². The van der Waals surface area contributed by atoms with Crippen LogP contribution < -0.4 is 0 Å². The van der Waals surface area contributed by atoms with Crippen molar-refractivity contribution in [2.45, 2.75) is 130 Å². The molecule has 4 fully saturated rings. The fourth-order valence-corrected chi connectivity index (χ4v) is 6.03. The van der Waals surface area contributed by atoms with Gasteiger partial charge >= 0.3 is 18.1 Å². The van der Waals surface area contributed by atoms with E-state index in [1.54, 1.807) is 20.8 Å². The minimum atomic E-state index is -0.921. The number of ether oxygens (including phenoxy) is 4. The predicted molar refractivity (Wildman–Crippen MR) is 122 cm³/mol. The zero-order chi connectivity index (χ0) is 25.1. The van der Waals surface area contributed by atoms with Gasteiger partial charge in [0.25, 0.3) is 0 Å². The van der Waals surface area contributed by atoms with Crippen molar-refractivity contribution in [2.24, 2.45) is 16.7 Å². The Morgan fingerprint density at radius 3 is 1.76 bits per heavy atom. The fraction of sp³-hybridized carbons (Fsp3) is 0.885. The van der Waals surface area contributed by atoms with Crippen molar-refractivity contribution in [1.82, 2.24) is 0 Å². The molecular formula is C26H42O7. The molecule has 0 radical (unpaired) electrons. The third kappa shape index (κ3) is 5.48. The van der Waals surface area contributed by atoms with E-state index in [0.717, 1.165) is 0 Å². The van der Waals surface area contributed by atoms with Gasteiger partial charge in [-0.2, -0.15) is 0 Å². The van der Waals surface area contributed by atoms with Crippen molar-refractivity contribution >= 4 is 18.1 Å². The summed E-state index contributed by atoms with van der Waals surface area (Å²) in [6.45, 7) is 16.6. The molecule has 4 atom stereocenters. The van der Waals surface area contributed by atoms with E-state index in [1.165, 1.54) is 0 Å². The summed E-state index contributed by atoms with van der Waals surface area (Å²) in [4.78, 5) is 39.4. The highest BCUT2D eigenvalue weighted by Crippen LogP contribution is 2.66. The molecule has 0 N–H and O–H groups in total. The van der Waals surface area contributed by atoms with Crippen LogP contribution in [0.3, 0.4) is 0 Å². The third-order valence-corrected chi connectivity index (χ3v) is 7.23. The van der Waals surface area contributed by atoms with Gasteiger partial charge in [-0.15, -0.1) is 0 Å². The van der Waals surface area contributed by atoms with E-state index in [-0.39, 0.29) is 17.9 Å². The Morgan fingerprint density at radius 1 is 0.758 bits per heavy atom. The second-order valence-electron chi connectivity index (χ2n) is 13.4. The van der Waals surface area contributed by atoms with Gasteiger partial charge in [-0.3, -0.25) is 9.59 Å². The van der Waals surface area contributed by atoms with Crippen LogP contribution in [0.4, 0.5) is 4.79 Å². The molecule has 4 aliphatic carbocycles. The summed E-state index contributed by atoms with van der Waals surface area (Å²) >= 11 is 0. The third-order valence-electron chi connectivity index (χ3n) is 7.23. The first-order valence-electron chi connectivity index (χ1n) is 12.2. The first-order valence-corrected chi connectivity index (χ1v) is 12.2. The summed E-state index contributed by atoms with van der Waals surface area (Å²) in [6, 6.07) is 0. The molecule has 7 heteroatoms. The first-order chi connectivity index (χ1) is 14.8. The molecule has 7 nitrogen and oxygen atoms in total. The van der Waals surface area contributed by atoms with Gasteiger partial charge in [-0.1, -0.05) is 6.92 Å². The molecular weight excluding hydrogens is 424 g/mol. The molecule has 0 heterocycles. The van der Waals surface area contributed by atoms with Crippen LogP contribution in [0.2, 0.25) is 0 Å². The maximum atomic E-state index is 13.5. The van der Waals surface area contributed by atoms with Crippen molar-refractivity contribution in [3.8, 4) is 0 Å². The smallest absolute Gasteiger partial charge is 0.460 e. The lowest BCUT2D eigenvalue weighted by Gasteiger charge is -2.63. The zero-order valence-electron chi connectivity index (χ0n) is 21.9. The Balaban J connectivity index is 1.97. The Labute approximate surface area is 198 Å². The normalized spacial score (nSPS) is 33.4. The quantitative estimate of drug-likeness (QED) is 0.378. The molecule has 0 amide bonds. The molecule has 4 saturated carbocycles. The van der Waals surface area contributed by atoms with Crippen molar-refractivity contribution in [3.63, 3.8) is 0 Å². The van der Waals surface area contributed by atoms with Gasteiger partial charge in [-0.25, -0.2) is 4.79 Å². The Bertz CT molecular complexity index is 817. The molecule has 0 spiro atoms. The van der Waals surface area contributed by atoms with Crippen molar-refractivity contribution in [2.75, 3.05) is 0 Å². The monoisotopic (exact) mass is 466 g/mol. The lowest BCUT2D eigenvalue weighted by Crippen LogP contribution is -2.68. The van der Waals surface area contributed by atoms with Crippen LogP contribution >= 0.6 is 0 Å². The summed E-state index contributed by atoms with van der Waals surface area (Å²) in [5.74, 6) is -0.487. The minimum Gasteiger partial charge on any atom is -0.460 e. The highest BCUT2D eigenvalue weighted by molar-refractivity contribution is 5.80. The molecule has 0 aromatic heterocycles. The van der Waals surface area contributed by atoms with E-state index in [9.17, 15) is 14.4 Å². The Hall–Kier alpha value is -1.79. The highest BCUT2D eigenvalue weighted by Gasteiger charge is 2.70. The van der Waals surface area contributed by atoms with Crippen LogP contribution in [-0.2, 0) is 28.5 Å². The first kappa shape index (κ1) is 25.8. The highest BCUT2D eigenvalue weighted by atomic mass is 16.7. The summed E-state index contributed by atoms with van der Waals surface area (Å²) in [5, 5.41) is 0. The van der Waals surface area contributed by atoms with Crippen LogP contribution in [0.25, 0.3) is 0 Å². The average Bonchev–Trinajstić information content (AvgIpc) is 2.56. The summed E-state index contributed by atoms with van der Waals surface area (Å²) in [7, 11) is 0. The molecule has 0 aromatic rings. The number of hydrogen-bond donors (Lipinski definition) is 0. The van der Waals surface area contributed by atoms with Crippen LogP contribution in [0.1, 0.15) is 107 Å². The summed E-state index contributed by atoms with van der Waals surface area (Å²) in [6.07, 6.45) is 2.98. The number of carbonyl (C=O) groups is 3. The minimum absolute atomic E-state index is 0.0914. The van der Waals surface area contributed by atoms with Gasteiger partial charge in [0.05, 0.1) is 10.8 Å². The zero-order valence-corrected chi connectivity index (χ0v) is 21.9. The van der Waals surface area contributed by atoms with E-state index in [4.69, 9.17) is 18.9 Å². The summed E-state index contributed by atoms with van der Waals surface area (Å²) in [5.41, 5.74) is -4.62. The lowest BCUT2D eigenvalue weighted by molar-refractivity contribution is -0.256. The number of rotatable bonds is 5. The second kappa shape index (κ2) is 7.88. The Kier molecular flexibility index (Phi) is 6.16. The average molecular weight is 467 g/mol. The standard InChI is InChI=1S/C26H42O7/c1-10-23(8,9)18(27)31-25-12-17-11-24(14-25,19(28)30-21(2,3)4)15-26(13-17,16-25)33-20(29)32-22(5,6)7/h17H,10-16H2,1-9H3.